The highest BCUT2D eigenvalue weighted by atomic mass is 16.5. The number of rotatable bonds is 7. The Hall–Kier alpha value is -2.53. The van der Waals surface area contributed by atoms with Crippen molar-refractivity contribution in [1.29, 1.82) is 0 Å². The predicted octanol–water partition coefficient (Wildman–Crippen LogP) is 3.15. The second kappa shape index (κ2) is 8.19. The molecule has 0 saturated carbocycles. The molecule has 0 aromatic heterocycles. The van der Waals surface area contributed by atoms with E-state index in [1.54, 1.807) is 0 Å². The second-order valence-corrected chi connectivity index (χ2v) is 5.15. The van der Waals surface area contributed by atoms with Crippen LogP contribution in [0.5, 0.6) is 5.75 Å². The van der Waals surface area contributed by atoms with Gasteiger partial charge in [-0.25, -0.2) is 0 Å². The number of carbonyl (C=O) groups is 1. The molecule has 0 unspecified atom stereocenters. The molecule has 3 N–H and O–H groups in total. The minimum absolute atomic E-state index is 0.0593. The first-order chi connectivity index (χ1) is 11.1. The molecule has 5 nitrogen and oxygen atoms in total. The monoisotopic (exact) mass is 314 g/mol. The zero-order valence-corrected chi connectivity index (χ0v) is 13.4. The predicted molar refractivity (Wildman–Crippen MR) is 91.6 cm³/mol. The molecule has 0 fully saturated rings. The highest BCUT2D eigenvalue weighted by molar-refractivity contribution is 5.88. The summed E-state index contributed by atoms with van der Waals surface area (Å²) in [6.07, 6.45) is 0. The van der Waals surface area contributed by atoms with E-state index in [-0.39, 0.29) is 12.5 Å². The lowest BCUT2D eigenvalue weighted by Crippen LogP contribution is -2.06. The van der Waals surface area contributed by atoms with Crippen LogP contribution in [0.4, 0.5) is 11.4 Å². The van der Waals surface area contributed by atoms with Crippen LogP contribution >= 0.6 is 0 Å². The first kappa shape index (κ1) is 16.8. The second-order valence-electron chi connectivity index (χ2n) is 5.15. The Morgan fingerprint density at radius 2 is 1.83 bits per heavy atom. The molecule has 0 aliphatic heterocycles. The van der Waals surface area contributed by atoms with Crippen LogP contribution in [-0.2, 0) is 17.9 Å². The number of aliphatic hydroxyl groups excluding tert-OH is 1. The van der Waals surface area contributed by atoms with Crippen LogP contribution in [0.25, 0.3) is 0 Å². The molecule has 0 spiro atoms. The lowest BCUT2D eigenvalue weighted by Gasteiger charge is -2.12. The van der Waals surface area contributed by atoms with Crippen LogP contribution in [0.2, 0.25) is 0 Å². The van der Waals surface area contributed by atoms with Gasteiger partial charge in [-0.15, -0.1) is 0 Å². The summed E-state index contributed by atoms with van der Waals surface area (Å²) in [6, 6.07) is 13.3. The van der Waals surface area contributed by atoms with E-state index >= 15 is 0 Å². The van der Waals surface area contributed by atoms with Crippen molar-refractivity contribution in [3.63, 3.8) is 0 Å². The van der Waals surface area contributed by atoms with Gasteiger partial charge in [0.05, 0.1) is 13.2 Å². The molecule has 0 bridgehead atoms. The maximum Gasteiger partial charge on any atom is 0.221 e. The molecular formula is C18H22N2O3. The lowest BCUT2D eigenvalue weighted by molar-refractivity contribution is -0.114. The highest BCUT2D eigenvalue weighted by Crippen LogP contribution is 2.23. The lowest BCUT2D eigenvalue weighted by atomic mass is 10.1. The van der Waals surface area contributed by atoms with E-state index in [1.807, 2.05) is 49.4 Å². The highest BCUT2D eigenvalue weighted by Gasteiger charge is 2.04. The van der Waals surface area contributed by atoms with Crippen molar-refractivity contribution in [3.05, 3.63) is 53.6 Å². The van der Waals surface area contributed by atoms with Crippen LogP contribution in [0.15, 0.2) is 42.5 Å². The van der Waals surface area contributed by atoms with Gasteiger partial charge in [0.15, 0.2) is 0 Å². The van der Waals surface area contributed by atoms with Gasteiger partial charge >= 0.3 is 0 Å². The standard InChI is InChI=1S/C18H22N2O3/c1-3-23-18-9-8-17(10-15(18)12-21)19-11-14-4-6-16(7-5-14)20-13(2)22/h4-10,19,21H,3,11-12H2,1-2H3,(H,20,22). The number of benzene rings is 2. The van der Waals surface area contributed by atoms with Crippen molar-refractivity contribution in [2.45, 2.75) is 27.0 Å². The third kappa shape index (κ3) is 5.00. The van der Waals surface area contributed by atoms with E-state index in [1.165, 1.54) is 6.92 Å². The number of anilines is 2. The van der Waals surface area contributed by atoms with Crippen molar-refractivity contribution in [2.24, 2.45) is 0 Å². The molecule has 0 heterocycles. The van der Waals surface area contributed by atoms with Gasteiger partial charge in [0.1, 0.15) is 5.75 Å². The maximum atomic E-state index is 11.0. The molecule has 2 aromatic rings. The average molecular weight is 314 g/mol. The fourth-order valence-electron chi connectivity index (χ4n) is 2.22. The van der Waals surface area contributed by atoms with E-state index in [4.69, 9.17) is 4.74 Å². The quantitative estimate of drug-likeness (QED) is 0.734. The number of hydrogen-bond acceptors (Lipinski definition) is 4. The minimum Gasteiger partial charge on any atom is -0.494 e. The number of amides is 1. The normalized spacial score (nSPS) is 10.2. The Morgan fingerprint density at radius 3 is 2.43 bits per heavy atom. The van der Waals surface area contributed by atoms with Crippen molar-refractivity contribution in [3.8, 4) is 5.75 Å². The summed E-state index contributed by atoms with van der Waals surface area (Å²) in [5.74, 6) is 0.627. The Balaban J connectivity index is 1.98. The van der Waals surface area contributed by atoms with Gasteiger partial charge in [-0.3, -0.25) is 4.79 Å². The van der Waals surface area contributed by atoms with E-state index in [0.29, 0.717) is 18.9 Å². The summed E-state index contributed by atoms with van der Waals surface area (Å²) in [7, 11) is 0. The molecule has 0 atom stereocenters. The molecule has 5 heteroatoms. The summed E-state index contributed by atoms with van der Waals surface area (Å²) in [5.41, 5.74) is 3.56. The fourth-order valence-corrected chi connectivity index (χ4v) is 2.22. The molecule has 2 aromatic carbocycles. The Bertz CT molecular complexity index is 654. The van der Waals surface area contributed by atoms with Crippen molar-refractivity contribution < 1.29 is 14.6 Å². The first-order valence-electron chi connectivity index (χ1n) is 7.59. The van der Waals surface area contributed by atoms with Crippen molar-refractivity contribution in [2.75, 3.05) is 17.2 Å². The van der Waals surface area contributed by atoms with Gasteiger partial charge in [0.2, 0.25) is 5.91 Å². The molecule has 2 rings (SSSR count). The molecule has 23 heavy (non-hydrogen) atoms. The average Bonchev–Trinajstić information content (AvgIpc) is 2.55. The molecule has 0 aliphatic rings. The molecule has 0 radical (unpaired) electrons. The van der Waals surface area contributed by atoms with E-state index in [0.717, 1.165) is 22.5 Å². The number of ether oxygens (including phenoxy) is 1. The zero-order chi connectivity index (χ0) is 16.7. The van der Waals surface area contributed by atoms with Crippen LogP contribution in [0.3, 0.4) is 0 Å². The van der Waals surface area contributed by atoms with Gasteiger partial charge in [-0.2, -0.15) is 0 Å². The van der Waals surface area contributed by atoms with Gasteiger partial charge in [0.25, 0.3) is 0 Å². The smallest absolute Gasteiger partial charge is 0.221 e. The molecule has 1 amide bonds. The topological polar surface area (TPSA) is 70.6 Å². The summed E-state index contributed by atoms with van der Waals surface area (Å²) >= 11 is 0. The van der Waals surface area contributed by atoms with Gasteiger partial charge in [-0.1, -0.05) is 12.1 Å². The first-order valence-corrected chi connectivity index (χ1v) is 7.59. The van der Waals surface area contributed by atoms with E-state index < -0.39 is 0 Å². The van der Waals surface area contributed by atoms with Crippen LogP contribution in [0.1, 0.15) is 25.0 Å². The third-order valence-corrected chi connectivity index (χ3v) is 3.30. The SMILES string of the molecule is CCOc1ccc(NCc2ccc(NC(C)=O)cc2)cc1CO. The van der Waals surface area contributed by atoms with Crippen molar-refractivity contribution >= 4 is 17.3 Å². The molecule has 0 saturated heterocycles. The van der Waals surface area contributed by atoms with Crippen molar-refractivity contribution in [1.82, 2.24) is 0 Å². The number of nitrogens with one attached hydrogen (secondary N) is 2. The largest absolute Gasteiger partial charge is 0.494 e. The Kier molecular flexibility index (Phi) is 6.00. The molecular weight excluding hydrogens is 292 g/mol. The maximum absolute atomic E-state index is 11.0. The molecule has 0 aliphatic carbocycles. The summed E-state index contributed by atoms with van der Waals surface area (Å²) in [4.78, 5) is 11.0. The summed E-state index contributed by atoms with van der Waals surface area (Å²) in [5, 5.41) is 15.5. The van der Waals surface area contributed by atoms with Crippen LogP contribution in [0, 0.1) is 0 Å². The van der Waals surface area contributed by atoms with E-state index in [2.05, 4.69) is 10.6 Å². The summed E-state index contributed by atoms with van der Waals surface area (Å²) < 4.78 is 5.47. The Morgan fingerprint density at radius 1 is 1.13 bits per heavy atom. The van der Waals surface area contributed by atoms with Gasteiger partial charge < -0.3 is 20.5 Å². The minimum atomic E-state index is -0.0817. The number of aliphatic hydroxyl groups is 1. The summed E-state index contributed by atoms with van der Waals surface area (Å²) in [6.45, 7) is 4.56. The van der Waals surface area contributed by atoms with Gasteiger partial charge in [-0.05, 0) is 42.8 Å². The zero-order valence-electron chi connectivity index (χ0n) is 13.4. The Labute approximate surface area is 136 Å². The fraction of sp³-hybridized carbons (Fsp3) is 0.278. The van der Waals surface area contributed by atoms with Crippen LogP contribution < -0.4 is 15.4 Å². The molecule has 122 valence electrons. The third-order valence-electron chi connectivity index (χ3n) is 3.30. The number of hydrogen-bond donors (Lipinski definition) is 3. The number of carbonyl (C=O) groups excluding carboxylic acids is 1. The van der Waals surface area contributed by atoms with Gasteiger partial charge in [0, 0.05) is 30.4 Å². The van der Waals surface area contributed by atoms with Crippen LogP contribution in [-0.4, -0.2) is 17.6 Å². The van der Waals surface area contributed by atoms with E-state index in [9.17, 15) is 9.90 Å².